The molecule has 3 rings (SSSR count). The van der Waals surface area contributed by atoms with Gasteiger partial charge in [0.1, 0.15) is 23.5 Å². The highest BCUT2D eigenvalue weighted by Gasteiger charge is 2.21. The van der Waals surface area contributed by atoms with Crippen molar-refractivity contribution in [3.8, 4) is 5.75 Å². The molecule has 0 aliphatic carbocycles. The van der Waals surface area contributed by atoms with Crippen LogP contribution in [0.2, 0.25) is 0 Å². The Balaban J connectivity index is 1.79. The standard InChI is InChI=1S/C18H14N4O4/c1-12-9-17(20-11-19-12)21-13-5-4-6-14(10-13)26-18(23)15-7-2-3-8-16(15)22(24)25/h2-11H,1H3,(H,19,20,21). The van der Waals surface area contributed by atoms with E-state index in [2.05, 4.69) is 15.3 Å². The first-order valence-corrected chi connectivity index (χ1v) is 7.64. The fraction of sp³-hybridized carbons (Fsp3) is 0.0556. The van der Waals surface area contributed by atoms with Crippen LogP contribution in [0.4, 0.5) is 17.2 Å². The predicted molar refractivity (Wildman–Crippen MR) is 94.5 cm³/mol. The number of nitrogens with one attached hydrogen (secondary N) is 1. The second-order valence-electron chi connectivity index (χ2n) is 5.36. The molecule has 0 bridgehead atoms. The van der Waals surface area contributed by atoms with Crippen molar-refractivity contribution >= 4 is 23.2 Å². The highest BCUT2D eigenvalue weighted by atomic mass is 16.6. The number of esters is 1. The fourth-order valence-corrected chi connectivity index (χ4v) is 2.28. The molecule has 0 fully saturated rings. The number of rotatable bonds is 5. The van der Waals surface area contributed by atoms with Crippen molar-refractivity contribution in [3.05, 3.63) is 82.3 Å². The first-order chi connectivity index (χ1) is 12.5. The van der Waals surface area contributed by atoms with Gasteiger partial charge in [0.15, 0.2) is 0 Å². The molecule has 0 saturated carbocycles. The number of nitrogens with zero attached hydrogens (tertiary/aromatic N) is 3. The Hall–Kier alpha value is -3.81. The van der Waals surface area contributed by atoms with Gasteiger partial charge in [0, 0.05) is 29.6 Å². The largest absolute Gasteiger partial charge is 0.423 e. The molecule has 0 spiro atoms. The molecule has 1 heterocycles. The number of carbonyl (C=O) groups excluding carboxylic acids is 1. The smallest absolute Gasteiger partial charge is 0.350 e. The van der Waals surface area contributed by atoms with Crippen molar-refractivity contribution in [2.24, 2.45) is 0 Å². The zero-order valence-corrected chi connectivity index (χ0v) is 13.7. The number of para-hydroxylation sites is 1. The fourth-order valence-electron chi connectivity index (χ4n) is 2.28. The SMILES string of the molecule is Cc1cc(Nc2cccc(OC(=O)c3ccccc3[N+](=O)[O-])c2)ncn1. The summed E-state index contributed by atoms with van der Waals surface area (Å²) in [6.07, 6.45) is 1.44. The molecule has 1 aromatic heterocycles. The second kappa shape index (κ2) is 7.39. The summed E-state index contributed by atoms with van der Waals surface area (Å²) >= 11 is 0. The van der Waals surface area contributed by atoms with Crippen LogP contribution in [-0.2, 0) is 0 Å². The van der Waals surface area contributed by atoms with E-state index in [0.29, 0.717) is 11.5 Å². The number of hydrogen-bond acceptors (Lipinski definition) is 7. The normalized spacial score (nSPS) is 10.2. The van der Waals surface area contributed by atoms with Gasteiger partial charge in [0.2, 0.25) is 0 Å². The summed E-state index contributed by atoms with van der Waals surface area (Å²) in [5, 5.41) is 14.1. The molecule has 0 aliphatic rings. The number of nitro benzene ring substituents is 1. The number of anilines is 2. The third kappa shape index (κ3) is 3.99. The molecule has 26 heavy (non-hydrogen) atoms. The van der Waals surface area contributed by atoms with E-state index in [4.69, 9.17) is 4.74 Å². The Labute approximate surface area is 148 Å². The van der Waals surface area contributed by atoms with E-state index in [0.717, 1.165) is 5.69 Å². The van der Waals surface area contributed by atoms with Crippen molar-refractivity contribution in [1.82, 2.24) is 9.97 Å². The van der Waals surface area contributed by atoms with E-state index < -0.39 is 10.9 Å². The van der Waals surface area contributed by atoms with Crippen LogP contribution in [0, 0.1) is 17.0 Å². The van der Waals surface area contributed by atoms with Gasteiger partial charge in [-0.1, -0.05) is 18.2 Å². The minimum atomic E-state index is -0.799. The van der Waals surface area contributed by atoms with Gasteiger partial charge >= 0.3 is 5.97 Å². The van der Waals surface area contributed by atoms with Crippen LogP contribution in [0.1, 0.15) is 16.1 Å². The molecule has 130 valence electrons. The maximum atomic E-state index is 12.3. The molecule has 1 N–H and O–H groups in total. The van der Waals surface area contributed by atoms with Gasteiger partial charge < -0.3 is 10.1 Å². The lowest BCUT2D eigenvalue weighted by Crippen LogP contribution is -2.11. The van der Waals surface area contributed by atoms with Gasteiger partial charge in [0.05, 0.1) is 4.92 Å². The maximum absolute atomic E-state index is 12.3. The number of ether oxygens (including phenoxy) is 1. The molecule has 0 atom stereocenters. The average Bonchev–Trinajstić information content (AvgIpc) is 2.62. The van der Waals surface area contributed by atoms with Crippen LogP contribution in [0.25, 0.3) is 0 Å². The molecule has 2 aromatic carbocycles. The molecule has 0 unspecified atom stereocenters. The van der Waals surface area contributed by atoms with E-state index >= 15 is 0 Å². The van der Waals surface area contributed by atoms with Crippen LogP contribution in [0.3, 0.4) is 0 Å². The number of aryl methyl sites for hydroxylation is 1. The van der Waals surface area contributed by atoms with Crippen molar-refractivity contribution in [2.75, 3.05) is 5.32 Å². The molecule has 0 saturated heterocycles. The highest BCUT2D eigenvalue weighted by Crippen LogP contribution is 2.24. The number of carbonyl (C=O) groups is 1. The molecular weight excluding hydrogens is 336 g/mol. The van der Waals surface area contributed by atoms with Gasteiger partial charge in [-0.15, -0.1) is 0 Å². The van der Waals surface area contributed by atoms with Gasteiger partial charge in [-0.3, -0.25) is 10.1 Å². The molecular formula is C18H14N4O4. The number of benzene rings is 2. The van der Waals surface area contributed by atoms with Gasteiger partial charge in [-0.05, 0) is 25.1 Å². The summed E-state index contributed by atoms with van der Waals surface area (Å²) in [4.78, 5) is 30.8. The van der Waals surface area contributed by atoms with E-state index in [9.17, 15) is 14.9 Å². The molecule has 0 aliphatic heterocycles. The highest BCUT2D eigenvalue weighted by molar-refractivity contribution is 5.95. The molecule has 0 amide bonds. The lowest BCUT2D eigenvalue weighted by atomic mass is 10.2. The summed E-state index contributed by atoms with van der Waals surface area (Å²) in [5.41, 5.74) is 1.04. The summed E-state index contributed by atoms with van der Waals surface area (Å²) in [5.74, 6) is 0.0518. The van der Waals surface area contributed by atoms with Crippen LogP contribution in [0.15, 0.2) is 60.9 Å². The Bertz CT molecular complexity index is 975. The third-order valence-electron chi connectivity index (χ3n) is 3.44. The van der Waals surface area contributed by atoms with Gasteiger partial charge in [-0.25, -0.2) is 14.8 Å². The Morgan fingerprint density at radius 1 is 1.12 bits per heavy atom. The third-order valence-corrected chi connectivity index (χ3v) is 3.44. The topological polar surface area (TPSA) is 107 Å². The second-order valence-corrected chi connectivity index (χ2v) is 5.36. The minimum absolute atomic E-state index is 0.109. The first-order valence-electron chi connectivity index (χ1n) is 7.64. The number of aromatic nitrogens is 2. The van der Waals surface area contributed by atoms with Crippen molar-refractivity contribution in [3.63, 3.8) is 0 Å². The monoisotopic (exact) mass is 350 g/mol. The predicted octanol–water partition coefficient (Wildman–Crippen LogP) is 3.66. The molecule has 8 nitrogen and oxygen atoms in total. The summed E-state index contributed by atoms with van der Waals surface area (Å²) in [7, 11) is 0. The lowest BCUT2D eigenvalue weighted by molar-refractivity contribution is -0.385. The van der Waals surface area contributed by atoms with Gasteiger partial charge in [0.25, 0.3) is 5.69 Å². The minimum Gasteiger partial charge on any atom is -0.423 e. The summed E-state index contributed by atoms with van der Waals surface area (Å²) in [6, 6.07) is 14.1. The zero-order valence-electron chi connectivity index (χ0n) is 13.7. The Morgan fingerprint density at radius 2 is 1.92 bits per heavy atom. The molecule has 0 radical (unpaired) electrons. The van der Waals surface area contributed by atoms with Crippen LogP contribution < -0.4 is 10.1 Å². The molecule has 8 heteroatoms. The summed E-state index contributed by atoms with van der Waals surface area (Å²) < 4.78 is 5.28. The van der Waals surface area contributed by atoms with E-state index in [1.165, 1.54) is 24.5 Å². The average molecular weight is 350 g/mol. The van der Waals surface area contributed by atoms with Crippen LogP contribution in [0.5, 0.6) is 5.75 Å². The maximum Gasteiger partial charge on any atom is 0.350 e. The first kappa shape index (κ1) is 17.0. The number of hydrogen-bond donors (Lipinski definition) is 1. The van der Waals surface area contributed by atoms with Gasteiger partial charge in [-0.2, -0.15) is 0 Å². The number of nitro groups is 1. The van der Waals surface area contributed by atoms with Crippen molar-refractivity contribution < 1.29 is 14.5 Å². The lowest BCUT2D eigenvalue weighted by Gasteiger charge is -2.09. The zero-order chi connectivity index (χ0) is 18.5. The summed E-state index contributed by atoms with van der Waals surface area (Å²) in [6.45, 7) is 1.85. The Morgan fingerprint density at radius 3 is 2.69 bits per heavy atom. The quantitative estimate of drug-likeness (QED) is 0.324. The van der Waals surface area contributed by atoms with Crippen LogP contribution in [-0.4, -0.2) is 20.9 Å². The van der Waals surface area contributed by atoms with Crippen LogP contribution >= 0.6 is 0 Å². The van der Waals surface area contributed by atoms with E-state index in [-0.39, 0.29) is 17.0 Å². The van der Waals surface area contributed by atoms with Crippen molar-refractivity contribution in [1.29, 1.82) is 0 Å². The van der Waals surface area contributed by atoms with E-state index in [1.807, 2.05) is 6.92 Å². The Kier molecular flexibility index (Phi) is 4.84. The molecule has 3 aromatic rings. The van der Waals surface area contributed by atoms with Crippen molar-refractivity contribution in [2.45, 2.75) is 6.92 Å². The van der Waals surface area contributed by atoms with E-state index in [1.54, 1.807) is 36.4 Å².